The van der Waals surface area contributed by atoms with Crippen molar-refractivity contribution in [2.45, 2.75) is 39.3 Å². The smallest absolute Gasteiger partial charge is 0.304 e. The van der Waals surface area contributed by atoms with Gasteiger partial charge in [-0.15, -0.1) is 0 Å². The molecule has 0 aromatic heterocycles. The molecule has 198 valence electrons. The molecule has 2 amide bonds. The number of rotatable bonds is 13. The molecule has 0 bridgehead atoms. The van der Waals surface area contributed by atoms with Crippen LogP contribution in [0.1, 0.15) is 32.3 Å². The van der Waals surface area contributed by atoms with E-state index in [4.69, 9.17) is 4.74 Å². The van der Waals surface area contributed by atoms with E-state index >= 15 is 0 Å². The Balaban J connectivity index is 2.49. The van der Waals surface area contributed by atoms with E-state index in [0.29, 0.717) is 24.3 Å². The highest BCUT2D eigenvalue weighted by atomic mass is 32.2. The van der Waals surface area contributed by atoms with Gasteiger partial charge >= 0.3 is 10.2 Å². The topological polar surface area (TPSA) is 99.3 Å². The number of nitrogens with zero attached hydrogens (tertiary/aromatic N) is 3. The molecule has 1 atom stereocenters. The second kappa shape index (κ2) is 13.2. The van der Waals surface area contributed by atoms with Gasteiger partial charge in [0, 0.05) is 27.2 Å². The molecular formula is C25H35FN4O5S. The lowest BCUT2D eigenvalue weighted by Gasteiger charge is -2.34. The molecular weight excluding hydrogens is 487 g/mol. The summed E-state index contributed by atoms with van der Waals surface area (Å²) < 4.78 is 46.9. The number of carbonyl (C=O) groups is 2. The van der Waals surface area contributed by atoms with Crippen LogP contribution in [0.4, 0.5) is 10.1 Å². The summed E-state index contributed by atoms with van der Waals surface area (Å²) in [6.45, 7) is 3.65. The third-order valence-corrected chi connectivity index (χ3v) is 7.38. The molecule has 36 heavy (non-hydrogen) atoms. The minimum atomic E-state index is -4.11. The molecule has 0 unspecified atom stereocenters. The maximum atomic E-state index is 13.7. The third-order valence-electron chi connectivity index (χ3n) is 5.56. The van der Waals surface area contributed by atoms with Crippen molar-refractivity contribution >= 4 is 27.7 Å². The van der Waals surface area contributed by atoms with E-state index in [2.05, 4.69) is 5.32 Å². The van der Waals surface area contributed by atoms with Crippen molar-refractivity contribution in [2.75, 3.05) is 38.6 Å². The molecule has 1 N–H and O–H groups in total. The summed E-state index contributed by atoms with van der Waals surface area (Å²) in [4.78, 5) is 28.1. The number of halogens is 1. The molecule has 2 aromatic rings. The van der Waals surface area contributed by atoms with E-state index in [1.807, 2.05) is 6.92 Å². The average Bonchev–Trinajstić information content (AvgIpc) is 2.86. The summed E-state index contributed by atoms with van der Waals surface area (Å²) in [6.07, 6.45) is 1.05. The number of nitrogens with one attached hydrogen (secondary N) is 1. The first-order chi connectivity index (χ1) is 17.0. The maximum Gasteiger partial charge on any atom is 0.304 e. The highest BCUT2D eigenvalue weighted by molar-refractivity contribution is 7.90. The van der Waals surface area contributed by atoms with Crippen molar-refractivity contribution in [3.8, 4) is 5.75 Å². The zero-order valence-electron chi connectivity index (χ0n) is 21.4. The highest BCUT2D eigenvalue weighted by Crippen LogP contribution is 2.22. The number of anilines is 1. The molecule has 0 radical (unpaired) electrons. The van der Waals surface area contributed by atoms with Crippen LogP contribution in [-0.4, -0.2) is 69.8 Å². The monoisotopic (exact) mass is 522 g/mol. The van der Waals surface area contributed by atoms with Crippen LogP contribution in [0, 0.1) is 5.82 Å². The van der Waals surface area contributed by atoms with Gasteiger partial charge in [-0.25, -0.2) is 8.70 Å². The standard InChI is InChI=1S/C25H35FN4O5S/c1-6-15-27-25(32)23(7-2)29(17-19-9-8-10-22(16-19)35-5)24(31)18-30(36(33,34)28(3)4)21-13-11-20(26)12-14-21/h8-14,16,23H,6-7,15,17-18H2,1-5H3,(H,27,32)/t23-/m0/s1. The zero-order valence-corrected chi connectivity index (χ0v) is 22.2. The molecule has 11 heteroatoms. The minimum Gasteiger partial charge on any atom is -0.497 e. The van der Waals surface area contributed by atoms with Crippen LogP contribution in [0.2, 0.25) is 0 Å². The summed E-state index contributed by atoms with van der Waals surface area (Å²) in [5.41, 5.74) is 0.844. The summed E-state index contributed by atoms with van der Waals surface area (Å²) in [7, 11) is 0.111. The summed E-state index contributed by atoms with van der Waals surface area (Å²) >= 11 is 0. The molecule has 0 fully saturated rings. The molecule has 0 aliphatic rings. The zero-order chi connectivity index (χ0) is 26.9. The van der Waals surface area contributed by atoms with Gasteiger partial charge in [0.05, 0.1) is 12.8 Å². The van der Waals surface area contributed by atoms with Gasteiger partial charge in [-0.05, 0) is 54.8 Å². The van der Waals surface area contributed by atoms with Crippen LogP contribution in [0.3, 0.4) is 0 Å². The Morgan fingerprint density at radius 2 is 1.75 bits per heavy atom. The fourth-order valence-corrected chi connectivity index (χ4v) is 4.63. The second-order valence-electron chi connectivity index (χ2n) is 8.36. The van der Waals surface area contributed by atoms with E-state index in [1.165, 1.54) is 38.2 Å². The van der Waals surface area contributed by atoms with Crippen molar-refractivity contribution in [1.29, 1.82) is 0 Å². The fourth-order valence-electron chi connectivity index (χ4n) is 3.58. The van der Waals surface area contributed by atoms with Crippen LogP contribution < -0.4 is 14.4 Å². The lowest BCUT2D eigenvalue weighted by atomic mass is 10.1. The molecule has 2 rings (SSSR count). The number of methoxy groups -OCH3 is 1. The molecule has 2 aromatic carbocycles. The van der Waals surface area contributed by atoms with E-state index in [0.717, 1.165) is 27.2 Å². The van der Waals surface area contributed by atoms with E-state index in [-0.39, 0.29) is 18.1 Å². The normalized spacial score (nSPS) is 12.2. The van der Waals surface area contributed by atoms with Gasteiger partial charge in [0.25, 0.3) is 0 Å². The van der Waals surface area contributed by atoms with E-state index < -0.39 is 34.5 Å². The van der Waals surface area contributed by atoms with Gasteiger partial charge in [0.1, 0.15) is 24.2 Å². The first kappa shape index (κ1) is 29.1. The highest BCUT2D eigenvalue weighted by Gasteiger charge is 2.33. The van der Waals surface area contributed by atoms with Gasteiger partial charge in [0.2, 0.25) is 11.8 Å². The van der Waals surface area contributed by atoms with Gasteiger partial charge < -0.3 is 15.0 Å². The molecule has 0 spiro atoms. The Morgan fingerprint density at radius 3 is 2.31 bits per heavy atom. The Bertz CT molecular complexity index is 1130. The van der Waals surface area contributed by atoms with Crippen molar-refractivity contribution in [3.05, 3.63) is 59.9 Å². The van der Waals surface area contributed by atoms with Crippen molar-refractivity contribution in [2.24, 2.45) is 0 Å². The van der Waals surface area contributed by atoms with Crippen LogP contribution in [0.5, 0.6) is 5.75 Å². The Labute approximate surface area is 213 Å². The van der Waals surface area contributed by atoms with Crippen molar-refractivity contribution < 1.29 is 27.1 Å². The Hall–Kier alpha value is -3.18. The SMILES string of the molecule is CCCNC(=O)[C@H](CC)N(Cc1cccc(OC)c1)C(=O)CN(c1ccc(F)cc1)S(=O)(=O)N(C)C. The van der Waals surface area contributed by atoms with Crippen molar-refractivity contribution in [3.63, 3.8) is 0 Å². The molecule has 0 aliphatic heterocycles. The predicted octanol–water partition coefficient (Wildman–Crippen LogP) is 2.78. The maximum absolute atomic E-state index is 13.7. The first-order valence-electron chi connectivity index (χ1n) is 11.7. The van der Waals surface area contributed by atoms with Crippen LogP contribution in [-0.2, 0) is 26.3 Å². The van der Waals surface area contributed by atoms with Crippen LogP contribution in [0.15, 0.2) is 48.5 Å². The second-order valence-corrected chi connectivity index (χ2v) is 10.4. The predicted molar refractivity (Wildman–Crippen MR) is 137 cm³/mol. The number of hydrogen-bond donors (Lipinski definition) is 1. The fraction of sp³-hybridized carbons (Fsp3) is 0.440. The Morgan fingerprint density at radius 1 is 1.08 bits per heavy atom. The van der Waals surface area contributed by atoms with Gasteiger partial charge in [-0.2, -0.15) is 12.7 Å². The molecule has 0 aliphatic carbocycles. The van der Waals surface area contributed by atoms with Crippen LogP contribution in [0.25, 0.3) is 0 Å². The van der Waals surface area contributed by atoms with Gasteiger partial charge in [-0.3, -0.25) is 9.59 Å². The number of benzene rings is 2. The average molecular weight is 523 g/mol. The first-order valence-corrected chi connectivity index (χ1v) is 13.1. The van der Waals surface area contributed by atoms with E-state index in [9.17, 15) is 22.4 Å². The molecule has 0 saturated carbocycles. The lowest BCUT2D eigenvalue weighted by Crippen LogP contribution is -2.53. The number of amides is 2. The number of hydrogen-bond acceptors (Lipinski definition) is 5. The van der Waals surface area contributed by atoms with E-state index in [1.54, 1.807) is 31.2 Å². The summed E-state index contributed by atoms with van der Waals surface area (Å²) in [6, 6.07) is 11.1. The molecule has 0 saturated heterocycles. The largest absolute Gasteiger partial charge is 0.497 e. The lowest BCUT2D eigenvalue weighted by molar-refractivity contribution is -0.140. The van der Waals surface area contributed by atoms with Gasteiger partial charge in [-0.1, -0.05) is 26.0 Å². The number of carbonyl (C=O) groups excluding carboxylic acids is 2. The summed E-state index contributed by atoms with van der Waals surface area (Å²) in [5.74, 6) is -0.845. The number of ether oxygens (including phenoxy) is 1. The third kappa shape index (κ3) is 7.41. The Kier molecular flexibility index (Phi) is 10.7. The summed E-state index contributed by atoms with van der Waals surface area (Å²) in [5, 5.41) is 2.83. The van der Waals surface area contributed by atoms with Crippen LogP contribution >= 0.6 is 0 Å². The minimum absolute atomic E-state index is 0.0629. The van der Waals surface area contributed by atoms with Crippen molar-refractivity contribution in [1.82, 2.24) is 14.5 Å². The molecule has 9 nitrogen and oxygen atoms in total. The quantitative estimate of drug-likeness (QED) is 0.436. The van der Waals surface area contributed by atoms with Gasteiger partial charge in [0.15, 0.2) is 0 Å². The molecule has 0 heterocycles.